The van der Waals surface area contributed by atoms with Gasteiger partial charge in [-0.15, -0.1) is 0 Å². The second-order valence-corrected chi connectivity index (χ2v) is 5.05. The second-order valence-electron chi connectivity index (χ2n) is 5.05. The summed E-state index contributed by atoms with van der Waals surface area (Å²) in [5.74, 6) is 0. The molecule has 6 heteroatoms. The van der Waals surface area contributed by atoms with Gasteiger partial charge in [0.1, 0.15) is 0 Å². The lowest BCUT2D eigenvalue weighted by molar-refractivity contribution is 0.188. The molecule has 0 spiro atoms. The Balaban J connectivity index is 0.000000180. The molecule has 108 valence electrons. The third-order valence-electron chi connectivity index (χ3n) is 3.46. The van der Waals surface area contributed by atoms with E-state index in [2.05, 4.69) is 20.4 Å². The number of nitrogens with two attached hydrogens (primary N) is 2. The topological polar surface area (TPSA) is 82.6 Å². The van der Waals surface area contributed by atoms with Gasteiger partial charge in [0.25, 0.3) is 0 Å². The van der Waals surface area contributed by atoms with Crippen molar-refractivity contribution in [1.29, 1.82) is 0 Å². The first-order valence-electron chi connectivity index (χ1n) is 7.02. The van der Waals surface area contributed by atoms with Crippen LogP contribution in [0.1, 0.15) is 13.8 Å². The van der Waals surface area contributed by atoms with Gasteiger partial charge >= 0.3 is 0 Å². The summed E-state index contributed by atoms with van der Waals surface area (Å²) in [7, 11) is 0. The van der Waals surface area contributed by atoms with Crippen LogP contribution in [0.4, 0.5) is 0 Å². The first-order chi connectivity index (χ1) is 8.61. The monoisotopic (exact) mass is 258 g/mol. The van der Waals surface area contributed by atoms with Crippen LogP contribution in [0.3, 0.4) is 0 Å². The molecule has 0 amide bonds. The van der Waals surface area contributed by atoms with E-state index in [-0.39, 0.29) is 12.3 Å². The Morgan fingerprint density at radius 1 is 0.722 bits per heavy atom. The van der Waals surface area contributed by atoms with Crippen molar-refractivity contribution < 1.29 is 0 Å². The fraction of sp³-hybridized carbons (Fsp3) is 1.00. The summed E-state index contributed by atoms with van der Waals surface area (Å²) < 4.78 is 0. The van der Waals surface area contributed by atoms with Gasteiger partial charge in [-0.3, -0.25) is 9.80 Å². The van der Waals surface area contributed by atoms with E-state index < -0.39 is 0 Å². The fourth-order valence-electron chi connectivity index (χ4n) is 2.18. The number of nitrogens with zero attached hydrogens (tertiary/aromatic N) is 2. The SMILES string of the molecule is CC(N)N1CCNCC1.CC(N)N1CCNCC1. The van der Waals surface area contributed by atoms with Crippen LogP contribution in [0.25, 0.3) is 0 Å². The summed E-state index contributed by atoms with van der Waals surface area (Å²) in [5.41, 5.74) is 11.3. The van der Waals surface area contributed by atoms with Crippen molar-refractivity contribution in [1.82, 2.24) is 20.4 Å². The minimum atomic E-state index is 0.229. The molecule has 2 saturated heterocycles. The molecule has 6 nitrogen and oxygen atoms in total. The lowest BCUT2D eigenvalue weighted by Crippen LogP contribution is -2.50. The van der Waals surface area contributed by atoms with Crippen LogP contribution < -0.4 is 22.1 Å². The van der Waals surface area contributed by atoms with E-state index in [1.807, 2.05) is 13.8 Å². The number of hydrogen-bond donors (Lipinski definition) is 4. The summed E-state index contributed by atoms with van der Waals surface area (Å²) in [5, 5.41) is 6.54. The lowest BCUT2D eigenvalue weighted by atomic mass is 10.3. The molecule has 0 aromatic heterocycles. The van der Waals surface area contributed by atoms with Gasteiger partial charge in [-0.05, 0) is 13.8 Å². The summed E-state index contributed by atoms with van der Waals surface area (Å²) in [4.78, 5) is 4.55. The van der Waals surface area contributed by atoms with Gasteiger partial charge in [0, 0.05) is 52.4 Å². The molecule has 2 unspecified atom stereocenters. The predicted octanol–water partition coefficient (Wildman–Crippen LogP) is -1.61. The van der Waals surface area contributed by atoms with Crippen LogP contribution in [0.2, 0.25) is 0 Å². The van der Waals surface area contributed by atoms with Crippen LogP contribution >= 0.6 is 0 Å². The van der Waals surface area contributed by atoms with Gasteiger partial charge in [-0.1, -0.05) is 0 Å². The first kappa shape index (κ1) is 15.8. The zero-order valence-electron chi connectivity index (χ0n) is 11.9. The number of rotatable bonds is 2. The zero-order chi connectivity index (χ0) is 13.4. The third kappa shape index (κ3) is 6.08. The molecule has 0 aromatic carbocycles. The van der Waals surface area contributed by atoms with Crippen LogP contribution in [0.15, 0.2) is 0 Å². The molecule has 2 aliphatic heterocycles. The highest BCUT2D eigenvalue weighted by molar-refractivity contribution is 4.70. The summed E-state index contributed by atoms with van der Waals surface area (Å²) >= 11 is 0. The van der Waals surface area contributed by atoms with Crippen molar-refractivity contribution in [3.63, 3.8) is 0 Å². The van der Waals surface area contributed by atoms with Crippen LogP contribution in [-0.2, 0) is 0 Å². The van der Waals surface area contributed by atoms with Gasteiger partial charge < -0.3 is 22.1 Å². The van der Waals surface area contributed by atoms with E-state index in [1.54, 1.807) is 0 Å². The standard InChI is InChI=1S/2C6H15N3/c2*1-6(7)9-4-2-8-3-5-9/h2*6,8H,2-5,7H2,1H3. The highest BCUT2D eigenvalue weighted by Gasteiger charge is 2.12. The van der Waals surface area contributed by atoms with Gasteiger partial charge in [-0.2, -0.15) is 0 Å². The van der Waals surface area contributed by atoms with Crippen molar-refractivity contribution in [2.75, 3.05) is 52.4 Å². The molecule has 2 heterocycles. The molecule has 2 atom stereocenters. The molecule has 2 rings (SSSR count). The van der Waals surface area contributed by atoms with Gasteiger partial charge in [-0.25, -0.2) is 0 Å². The van der Waals surface area contributed by atoms with Crippen molar-refractivity contribution in [3.8, 4) is 0 Å². The minimum absolute atomic E-state index is 0.229. The maximum Gasteiger partial charge on any atom is 0.0543 e. The Hall–Kier alpha value is -0.240. The van der Waals surface area contributed by atoms with E-state index >= 15 is 0 Å². The Labute approximate surface area is 111 Å². The van der Waals surface area contributed by atoms with E-state index in [0.29, 0.717) is 0 Å². The molecular weight excluding hydrogens is 228 g/mol. The third-order valence-corrected chi connectivity index (χ3v) is 3.46. The molecule has 18 heavy (non-hydrogen) atoms. The molecule has 0 aromatic rings. The lowest BCUT2D eigenvalue weighted by Gasteiger charge is -2.30. The molecule has 0 aliphatic carbocycles. The van der Waals surface area contributed by atoms with Crippen molar-refractivity contribution in [2.45, 2.75) is 26.2 Å². The van der Waals surface area contributed by atoms with Crippen molar-refractivity contribution in [3.05, 3.63) is 0 Å². The predicted molar refractivity (Wildman–Crippen MR) is 76.2 cm³/mol. The van der Waals surface area contributed by atoms with E-state index in [0.717, 1.165) is 52.4 Å². The molecule has 0 radical (unpaired) electrons. The Bertz CT molecular complexity index is 175. The summed E-state index contributed by atoms with van der Waals surface area (Å²) in [6, 6.07) is 0. The van der Waals surface area contributed by atoms with E-state index in [4.69, 9.17) is 11.5 Å². The number of piperazine rings is 2. The highest BCUT2D eigenvalue weighted by Crippen LogP contribution is 1.94. The summed E-state index contributed by atoms with van der Waals surface area (Å²) in [6.45, 7) is 12.8. The Morgan fingerprint density at radius 3 is 1.17 bits per heavy atom. The Morgan fingerprint density at radius 2 is 1.00 bits per heavy atom. The molecule has 0 bridgehead atoms. The van der Waals surface area contributed by atoms with Gasteiger partial charge in [0.05, 0.1) is 12.3 Å². The summed E-state index contributed by atoms with van der Waals surface area (Å²) in [6.07, 6.45) is 0.458. The normalized spacial score (nSPS) is 26.0. The highest BCUT2D eigenvalue weighted by atomic mass is 15.3. The number of hydrogen-bond acceptors (Lipinski definition) is 6. The second kappa shape index (κ2) is 8.79. The molecule has 2 fully saturated rings. The fourth-order valence-corrected chi connectivity index (χ4v) is 2.18. The first-order valence-corrected chi connectivity index (χ1v) is 7.02. The largest absolute Gasteiger partial charge is 0.316 e. The Kier molecular flexibility index (Phi) is 7.73. The van der Waals surface area contributed by atoms with Crippen molar-refractivity contribution in [2.24, 2.45) is 11.5 Å². The van der Waals surface area contributed by atoms with Crippen LogP contribution in [0.5, 0.6) is 0 Å². The molecule has 0 saturated carbocycles. The van der Waals surface area contributed by atoms with Crippen LogP contribution in [-0.4, -0.2) is 74.5 Å². The molecule has 2 aliphatic rings. The van der Waals surface area contributed by atoms with Crippen LogP contribution in [0, 0.1) is 0 Å². The van der Waals surface area contributed by atoms with Gasteiger partial charge in [0.2, 0.25) is 0 Å². The van der Waals surface area contributed by atoms with Crippen molar-refractivity contribution >= 4 is 0 Å². The smallest absolute Gasteiger partial charge is 0.0543 e. The zero-order valence-corrected chi connectivity index (χ0v) is 11.9. The average molecular weight is 258 g/mol. The van der Waals surface area contributed by atoms with E-state index in [9.17, 15) is 0 Å². The molecular formula is C12H30N6. The average Bonchev–Trinajstić information content (AvgIpc) is 2.41. The minimum Gasteiger partial charge on any atom is -0.316 e. The van der Waals surface area contributed by atoms with Gasteiger partial charge in [0.15, 0.2) is 0 Å². The quantitative estimate of drug-likeness (QED) is 0.477. The maximum absolute atomic E-state index is 5.67. The maximum atomic E-state index is 5.67. The number of nitrogens with one attached hydrogen (secondary N) is 2. The van der Waals surface area contributed by atoms with E-state index in [1.165, 1.54) is 0 Å². The molecule has 6 N–H and O–H groups in total.